The fourth-order valence-electron chi connectivity index (χ4n) is 2.44. The molecule has 21 heavy (non-hydrogen) atoms. The van der Waals surface area contributed by atoms with E-state index in [4.69, 9.17) is 4.74 Å². The largest absolute Gasteiger partial charge is 0.496 e. The van der Waals surface area contributed by atoms with E-state index in [9.17, 15) is 0 Å². The Labute approximate surface area is 127 Å². The summed E-state index contributed by atoms with van der Waals surface area (Å²) in [6, 6.07) is 12.7. The number of anilines is 2. The first-order valence-electron chi connectivity index (χ1n) is 7.16. The van der Waals surface area contributed by atoms with Crippen LogP contribution in [0.1, 0.15) is 16.7 Å². The smallest absolute Gasteiger partial charge is 0.123 e. The van der Waals surface area contributed by atoms with Crippen molar-refractivity contribution >= 4 is 11.4 Å². The molecule has 0 fully saturated rings. The Hall–Kier alpha value is -2.16. The first-order chi connectivity index (χ1) is 10.0. The van der Waals surface area contributed by atoms with Crippen LogP contribution in [0.3, 0.4) is 0 Å². The van der Waals surface area contributed by atoms with Crippen molar-refractivity contribution in [2.75, 3.05) is 31.4 Å². The van der Waals surface area contributed by atoms with Crippen LogP contribution in [0.15, 0.2) is 36.4 Å². The number of hydrogen-bond donors (Lipinski definition) is 1. The van der Waals surface area contributed by atoms with Gasteiger partial charge in [0.05, 0.1) is 7.11 Å². The highest BCUT2D eigenvalue weighted by atomic mass is 16.5. The molecule has 0 bridgehead atoms. The zero-order valence-corrected chi connectivity index (χ0v) is 13.5. The summed E-state index contributed by atoms with van der Waals surface area (Å²) < 4.78 is 5.42. The summed E-state index contributed by atoms with van der Waals surface area (Å²) in [5, 5.41) is 3.48. The molecular weight excluding hydrogens is 260 g/mol. The molecule has 112 valence electrons. The average Bonchev–Trinajstić information content (AvgIpc) is 2.46. The number of ether oxygens (including phenoxy) is 1. The number of rotatable bonds is 5. The van der Waals surface area contributed by atoms with Crippen molar-refractivity contribution in [3.63, 3.8) is 0 Å². The first kappa shape index (κ1) is 15.2. The fraction of sp³-hybridized carbons (Fsp3) is 0.333. The topological polar surface area (TPSA) is 24.5 Å². The number of nitrogens with zero attached hydrogens (tertiary/aromatic N) is 1. The van der Waals surface area contributed by atoms with E-state index in [0.717, 1.165) is 18.0 Å². The van der Waals surface area contributed by atoms with Gasteiger partial charge in [0.15, 0.2) is 0 Å². The fourth-order valence-corrected chi connectivity index (χ4v) is 2.44. The van der Waals surface area contributed by atoms with E-state index >= 15 is 0 Å². The Balaban J connectivity index is 2.17. The summed E-state index contributed by atoms with van der Waals surface area (Å²) in [7, 11) is 5.84. The number of methoxy groups -OCH3 is 1. The highest BCUT2D eigenvalue weighted by molar-refractivity contribution is 5.62. The van der Waals surface area contributed by atoms with Crippen molar-refractivity contribution in [2.45, 2.75) is 20.4 Å². The average molecular weight is 284 g/mol. The maximum atomic E-state index is 5.42. The number of aryl methyl sites for hydroxylation is 2. The standard InChI is InChI=1S/C18H24N2O/c1-13-6-9-18(21-5)15(10-13)12-19-16-8-7-14(2)17(11-16)20(3)4/h6-11,19H,12H2,1-5H3. The van der Waals surface area contributed by atoms with Gasteiger partial charge in [-0.1, -0.05) is 23.8 Å². The van der Waals surface area contributed by atoms with Crippen LogP contribution in [0.25, 0.3) is 0 Å². The van der Waals surface area contributed by atoms with Crippen LogP contribution >= 0.6 is 0 Å². The van der Waals surface area contributed by atoms with E-state index in [1.807, 2.05) is 6.07 Å². The number of benzene rings is 2. The molecule has 0 aliphatic rings. The second kappa shape index (κ2) is 6.53. The molecular formula is C18H24N2O. The molecule has 2 rings (SSSR count). The zero-order chi connectivity index (χ0) is 15.4. The second-order valence-electron chi connectivity index (χ2n) is 5.56. The highest BCUT2D eigenvalue weighted by Gasteiger charge is 2.05. The molecule has 0 radical (unpaired) electrons. The molecule has 0 saturated heterocycles. The third-order valence-electron chi connectivity index (χ3n) is 3.61. The van der Waals surface area contributed by atoms with E-state index in [1.165, 1.54) is 22.4 Å². The Kier molecular flexibility index (Phi) is 4.73. The van der Waals surface area contributed by atoms with Crippen LogP contribution in [0.4, 0.5) is 11.4 Å². The Morgan fingerprint density at radius 1 is 1.05 bits per heavy atom. The van der Waals surface area contributed by atoms with Crippen molar-refractivity contribution < 1.29 is 4.74 Å². The van der Waals surface area contributed by atoms with Gasteiger partial charge in [0.25, 0.3) is 0 Å². The molecule has 2 aromatic carbocycles. The third kappa shape index (κ3) is 3.69. The molecule has 0 spiro atoms. The van der Waals surface area contributed by atoms with Crippen molar-refractivity contribution in [1.82, 2.24) is 0 Å². The van der Waals surface area contributed by atoms with Crippen molar-refractivity contribution in [3.8, 4) is 5.75 Å². The molecule has 1 N–H and O–H groups in total. The summed E-state index contributed by atoms with van der Waals surface area (Å²) in [5.41, 5.74) is 6.04. The second-order valence-corrected chi connectivity index (χ2v) is 5.56. The van der Waals surface area contributed by atoms with Crippen molar-refractivity contribution in [3.05, 3.63) is 53.1 Å². The van der Waals surface area contributed by atoms with Crippen LogP contribution in [0.5, 0.6) is 5.75 Å². The maximum Gasteiger partial charge on any atom is 0.123 e. The normalized spacial score (nSPS) is 10.3. The summed E-state index contributed by atoms with van der Waals surface area (Å²) >= 11 is 0. The lowest BCUT2D eigenvalue weighted by Gasteiger charge is -2.18. The molecule has 0 aliphatic heterocycles. The van der Waals surface area contributed by atoms with E-state index in [1.54, 1.807) is 7.11 Å². The lowest BCUT2D eigenvalue weighted by atomic mass is 10.1. The quantitative estimate of drug-likeness (QED) is 0.898. The summed E-state index contributed by atoms with van der Waals surface area (Å²) in [6.07, 6.45) is 0. The van der Waals surface area contributed by atoms with Crippen LogP contribution in [-0.2, 0) is 6.54 Å². The van der Waals surface area contributed by atoms with Crippen LogP contribution in [-0.4, -0.2) is 21.2 Å². The van der Waals surface area contributed by atoms with E-state index < -0.39 is 0 Å². The first-order valence-corrected chi connectivity index (χ1v) is 7.16. The molecule has 0 unspecified atom stereocenters. The predicted octanol–water partition coefficient (Wildman–Crippen LogP) is 3.99. The van der Waals surface area contributed by atoms with E-state index in [-0.39, 0.29) is 0 Å². The Bertz CT molecular complexity index is 621. The van der Waals surface area contributed by atoms with E-state index in [0.29, 0.717) is 0 Å². The molecule has 0 amide bonds. The Morgan fingerprint density at radius 2 is 1.81 bits per heavy atom. The molecule has 2 aromatic rings. The minimum Gasteiger partial charge on any atom is -0.496 e. The summed E-state index contributed by atoms with van der Waals surface area (Å²) in [5.74, 6) is 0.924. The minimum atomic E-state index is 0.751. The number of hydrogen-bond acceptors (Lipinski definition) is 3. The SMILES string of the molecule is COc1ccc(C)cc1CNc1ccc(C)c(N(C)C)c1. The zero-order valence-electron chi connectivity index (χ0n) is 13.5. The third-order valence-corrected chi connectivity index (χ3v) is 3.61. The van der Waals surface area contributed by atoms with Crippen LogP contribution < -0.4 is 15.0 Å². The van der Waals surface area contributed by atoms with Crippen LogP contribution in [0, 0.1) is 13.8 Å². The van der Waals surface area contributed by atoms with Gasteiger partial charge in [-0.15, -0.1) is 0 Å². The van der Waals surface area contributed by atoms with Gasteiger partial charge in [-0.05, 0) is 37.6 Å². The van der Waals surface area contributed by atoms with Gasteiger partial charge in [-0.2, -0.15) is 0 Å². The van der Waals surface area contributed by atoms with Crippen LogP contribution in [0.2, 0.25) is 0 Å². The molecule has 0 aromatic heterocycles. The van der Waals surface area contributed by atoms with Crippen molar-refractivity contribution in [1.29, 1.82) is 0 Å². The Morgan fingerprint density at radius 3 is 2.48 bits per heavy atom. The van der Waals surface area contributed by atoms with Gasteiger partial charge in [-0.25, -0.2) is 0 Å². The number of nitrogens with one attached hydrogen (secondary N) is 1. The summed E-state index contributed by atoms with van der Waals surface area (Å²) in [6.45, 7) is 4.97. The van der Waals surface area contributed by atoms with E-state index in [2.05, 4.69) is 68.5 Å². The molecule has 0 aliphatic carbocycles. The highest BCUT2D eigenvalue weighted by Crippen LogP contribution is 2.25. The molecule has 3 heteroatoms. The molecule has 3 nitrogen and oxygen atoms in total. The monoisotopic (exact) mass is 284 g/mol. The van der Waals surface area contributed by atoms with Gasteiger partial charge in [0.2, 0.25) is 0 Å². The molecule has 0 atom stereocenters. The minimum absolute atomic E-state index is 0.751. The maximum absolute atomic E-state index is 5.42. The molecule has 0 saturated carbocycles. The van der Waals surface area contributed by atoms with Gasteiger partial charge < -0.3 is 15.0 Å². The lowest BCUT2D eigenvalue weighted by molar-refractivity contribution is 0.410. The molecule has 0 heterocycles. The predicted molar refractivity (Wildman–Crippen MR) is 90.6 cm³/mol. The lowest BCUT2D eigenvalue weighted by Crippen LogP contribution is -2.11. The van der Waals surface area contributed by atoms with Crippen molar-refractivity contribution in [2.24, 2.45) is 0 Å². The van der Waals surface area contributed by atoms with Gasteiger partial charge in [0.1, 0.15) is 5.75 Å². The van der Waals surface area contributed by atoms with Gasteiger partial charge in [0, 0.05) is 37.6 Å². The summed E-state index contributed by atoms with van der Waals surface area (Å²) in [4.78, 5) is 2.13. The van der Waals surface area contributed by atoms with Gasteiger partial charge in [-0.3, -0.25) is 0 Å². The van der Waals surface area contributed by atoms with Gasteiger partial charge >= 0.3 is 0 Å².